The second-order valence-electron chi connectivity index (χ2n) is 8.54. The standard InChI is InChI=1S/C26H30BrN/c1-7-20-8-12-23(13-9-20)28(24-14-10-22(27)11-15-24)25-18(2)16-21(17-19(25)3)26(4,5)6/h8-17H,7H2,1-6H3. The molecule has 0 aliphatic heterocycles. The number of aryl methyl sites for hydroxylation is 3. The van der Waals surface area contributed by atoms with Crippen LogP contribution in [-0.4, -0.2) is 0 Å². The Bertz CT molecular complexity index is 924. The summed E-state index contributed by atoms with van der Waals surface area (Å²) >= 11 is 3.57. The first-order valence-corrected chi connectivity index (χ1v) is 10.8. The normalized spacial score (nSPS) is 11.5. The highest BCUT2D eigenvalue weighted by molar-refractivity contribution is 9.10. The Morgan fingerprint density at radius 1 is 0.786 bits per heavy atom. The number of hydrogen-bond acceptors (Lipinski definition) is 1. The van der Waals surface area contributed by atoms with E-state index in [1.165, 1.54) is 39.3 Å². The van der Waals surface area contributed by atoms with Crippen LogP contribution in [0.25, 0.3) is 0 Å². The van der Waals surface area contributed by atoms with Crippen molar-refractivity contribution in [3.63, 3.8) is 0 Å². The Kier molecular flexibility index (Phi) is 6.00. The lowest BCUT2D eigenvalue weighted by Crippen LogP contribution is -2.16. The van der Waals surface area contributed by atoms with Gasteiger partial charge in [0.05, 0.1) is 5.69 Å². The topological polar surface area (TPSA) is 3.24 Å². The van der Waals surface area contributed by atoms with Gasteiger partial charge in [0.25, 0.3) is 0 Å². The molecule has 0 saturated heterocycles. The third kappa shape index (κ3) is 4.33. The maximum absolute atomic E-state index is 3.57. The van der Waals surface area contributed by atoms with Crippen LogP contribution >= 0.6 is 15.9 Å². The summed E-state index contributed by atoms with van der Waals surface area (Å²) in [4.78, 5) is 2.38. The van der Waals surface area contributed by atoms with Crippen LogP contribution in [-0.2, 0) is 11.8 Å². The van der Waals surface area contributed by atoms with E-state index in [1.807, 2.05) is 0 Å². The van der Waals surface area contributed by atoms with Crippen LogP contribution in [0.5, 0.6) is 0 Å². The minimum atomic E-state index is 0.138. The largest absolute Gasteiger partial charge is 0.310 e. The van der Waals surface area contributed by atoms with Gasteiger partial charge in [-0.15, -0.1) is 0 Å². The lowest BCUT2D eigenvalue weighted by atomic mass is 9.84. The van der Waals surface area contributed by atoms with Crippen LogP contribution in [0.1, 0.15) is 49.9 Å². The number of benzene rings is 3. The van der Waals surface area contributed by atoms with Gasteiger partial charge in [-0.3, -0.25) is 0 Å². The molecule has 0 N–H and O–H groups in total. The van der Waals surface area contributed by atoms with Crippen molar-refractivity contribution < 1.29 is 0 Å². The molecular formula is C26H30BrN. The van der Waals surface area contributed by atoms with Gasteiger partial charge in [0.1, 0.15) is 0 Å². The monoisotopic (exact) mass is 435 g/mol. The molecule has 0 aliphatic carbocycles. The lowest BCUT2D eigenvalue weighted by Gasteiger charge is -2.31. The molecule has 0 atom stereocenters. The minimum absolute atomic E-state index is 0.138. The molecule has 0 unspecified atom stereocenters. The SMILES string of the molecule is CCc1ccc(N(c2ccc(Br)cc2)c2c(C)cc(C(C)(C)C)cc2C)cc1. The molecule has 0 fully saturated rings. The highest BCUT2D eigenvalue weighted by Crippen LogP contribution is 2.40. The molecule has 0 radical (unpaired) electrons. The predicted octanol–water partition coefficient (Wildman–Crippen LogP) is 8.40. The molecule has 0 bridgehead atoms. The molecule has 0 heterocycles. The Hall–Kier alpha value is -2.06. The Labute approximate surface area is 178 Å². The van der Waals surface area contributed by atoms with Crippen LogP contribution in [0.15, 0.2) is 65.1 Å². The number of hydrogen-bond donors (Lipinski definition) is 0. The summed E-state index contributed by atoms with van der Waals surface area (Å²) in [6, 6.07) is 22.2. The predicted molar refractivity (Wildman–Crippen MR) is 126 cm³/mol. The molecule has 0 aromatic heterocycles. The van der Waals surface area contributed by atoms with Crippen LogP contribution < -0.4 is 4.90 Å². The van der Waals surface area contributed by atoms with Gasteiger partial charge in [-0.05, 0) is 84.3 Å². The van der Waals surface area contributed by atoms with E-state index in [0.29, 0.717) is 0 Å². The summed E-state index contributed by atoms with van der Waals surface area (Å²) in [5, 5.41) is 0. The van der Waals surface area contributed by atoms with Crippen LogP contribution in [0.3, 0.4) is 0 Å². The molecule has 146 valence electrons. The number of halogens is 1. The molecule has 0 aliphatic rings. The van der Waals surface area contributed by atoms with Crippen LogP contribution in [0.2, 0.25) is 0 Å². The van der Waals surface area contributed by atoms with Crippen molar-refractivity contribution in [2.45, 2.75) is 53.4 Å². The van der Waals surface area contributed by atoms with Crippen molar-refractivity contribution in [3.05, 3.63) is 87.4 Å². The molecule has 3 rings (SSSR count). The van der Waals surface area contributed by atoms with E-state index in [2.05, 4.69) is 123 Å². The van der Waals surface area contributed by atoms with Crippen molar-refractivity contribution in [1.29, 1.82) is 0 Å². The molecule has 28 heavy (non-hydrogen) atoms. The molecular weight excluding hydrogens is 406 g/mol. The minimum Gasteiger partial charge on any atom is -0.310 e. The van der Waals surface area contributed by atoms with Crippen molar-refractivity contribution in [3.8, 4) is 0 Å². The van der Waals surface area contributed by atoms with Gasteiger partial charge < -0.3 is 4.90 Å². The maximum atomic E-state index is 3.57. The van der Waals surface area contributed by atoms with Crippen molar-refractivity contribution in [2.75, 3.05) is 4.90 Å². The fraction of sp³-hybridized carbons (Fsp3) is 0.308. The molecule has 0 saturated carbocycles. The second-order valence-corrected chi connectivity index (χ2v) is 9.46. The summed E-state index contributed by atoms with van der Waals surface area (Å²) < 4.78 is 1.09. The van der Waals surface area contributed by atoms with E-state index < -0.39 is 0 Å². The van der Waals surface area contributed by atoms with Gasteiger partial charge in [0, 0.05) is 15.8 Å². The molecule has 1 nitrogen and oxygen atoms in total. The quantitative estimate of drug-likeness (QED) is 0.397. The zero-order valence-corrected chi connectivity index (χ0v) is 19.4. The van der Waals surface area contributed by atoms with E-state index in [0.717, 1.165) is 10.9 Å². The first-order valence-electron chi connectivity index (χ1n) is 9.97. The number of rotatable bonds is 4. The van der Waals surface area contributed by atoms with Crippen molar-refractivity contribution in [2.24, 2.45) is 0 Å². The Balaban J connectivity index is 2.20. The van der Waals surface area contributed by atoms with E-state index in [9.17, 15) is 0 Å². The zero-order valence-electron chi connectivity index (χ0n) is 17.8. The lowest BCUT2D eigenvalue weighted by molar-refractivity contribution is 0.589. The Morgan fingerprint density at radius 3 is 1.68 bits per heavy atom. The Morgan fingerprint density at radius 2 is 1.25 bits per heavy atom. The first kappa shape index (κ1) is 20.7. The fourth-order valence-electron chi connectivity index (χ4n) is 3.62. The van der Waals surface area contributed by atoms with Gasteiger partial charge in [0.2, 0.25) is 0 Å². The van der Waals surface area contributed by atoms with Gasteiger partial charge in [0.15, 0.2) is 0 Å². The van der Waals surface area contributed by atoms with Crippen molar-refractivity contribution in [1.82, 2.24) is 0 Å². The average molecular weight is 436 g/mol. The molecule has 3 aromatic rings. The maximum Gasteiger partial charge on any atom is 0.0520 e. The molecule has 0 amide bonds. The van der Waals surface area contributed by atoms with E-state index >= 15 is 0 Å². The second kappa shape index (κ2) is 8.13. The number of nitrogens with zero attached hydrogens (tertiary/aromatic N) is 1. The summed E-state index contributed by atoms with van der Waals surface area (Å²) in [5.41, 5.74) is 9.09. The van der Waals surface area contributed by atoms with E-state index in [4.69, 9.17) is 0 Å². The van der Waals surface area contributed by atoms with Gasteiger partial charge in [-0.2, -0.15) is 0 Å². The smallest absolute Gasteiger partial charge is 0.0520 e. The molecule has 2 heteroatoms. The van der Waals surface area contributed by atoms with Gasteiger partial charge in [-0.1, -0.05) is 67.9 Å². The summed E-state index contributed by atoms with van der Waals surface area (Å²) in [6.45, 7) is 13.5. The summed E-state index contributed by atoms with van der Waals surface area (Å²) in [7, 11) is 0. The third-order valence-electron chi connectivity index (χ3n) is 5.27. The van der Waals surface area contributed by atoms with Gasteiger partial charge in [-0.25, -0.2) is 0 Å². The van der Waals surface area contributed by atoms with E-state index in [-0.39, 0.29) is 5.41 Å². The van der Waals surface area contributed by atoms with Crippen molar-refractivity contribution >= 4 is 33.0 Å². The molecule has 0 spiro atoms. The number of anilines is 3. The zero-order chi connectivity index (χ0) is 20.5. The summed E-state index contributed by atoms with van der Waals surface area (Å²) in [5.74, 6) is 0. The third-order valence-corrected chi connectivity index (χ3v) is 5.80. The highest BCUT2D eigenvalue weighted by Gasteiger charge is 2.21. The van der Waals surface area contributed by atoms with Crippen LogP contribution in [0, 0.1) is 13.8 Å². The van der Waals surface area contributed by atoms with Crippen LogP contribution in [0.4, 0.5) is 17.1 Å². The van der Waals surface area contributed by atoms with Gasteiger partial charge >= 0.3 is 0 Å². The highest BCUT2D eigenvalue weighted by atomic mass is 79.9. The summed E-state index contributed by atoms with van der Waals surface area (Å²) in [6.07, 6.45) is 1.05. The van der Waals surface area contributed by atoms with E-state index in [1.54, 1.807) is 0 Å². The fourth-order valence-corrected chi connectivity index (χ4v) is 3.88. The average Bonchev–Trinajstić information content (AvgIpc) is 2.65. The molecule has 3 aromatic carbocycles. The first-order chi connectivity index (χ1) is 13.2.